The monoisotopic (exact) mass is 518 g/mol. The van der Waals surface area contributed by atoms with Gasteiger partial charge in [0.05, 0.1) is 10.2 Å². The van der Waals surface area contributed by atoms with Crippen molar-refractivity contribution >= 4 is 21.6 Å². The summed E-state index contributed by atoms with van der Waals surface area (Å²) in [6.45, 7) is 0. The van der Waals surface area contributed by atoms with Gasteiger partial charge in [-0.2, -0.15) is 0 Å². The third-order valence-electron chi connectivity index (χ3n) is 6.58. The highest BCUT2D eigenvalue weighted by Crippen LogP contribution is 2.33. The molecular weight excluding hydrogens is 496 g/mol. The normalized spacial score (nSPS) is 11.1. The van der Waals surface area contributed by atoms with Crippen LogP contribution in [0.4, 0.5) is 0 Å². The molecule has 2 aromatic heterocycles. The van der Waals surface area contributed by atoms with Crippen molar-refractivity contribution in [3.8, 4) is 55.9 Å². The quantitative estimate of drug-likeness (QED) is 0.228. The van der Waals surface area contributed by atoms with Crippen LogP contribution in [0, 0.1) is 0 Å². The largest absolute Gasteiger partial charge is 0.236 e. The number of benzene rings is 5. The van der Waals surface area contributed by atoms with Gasteiger partial charge in [-0.3, -0.25) is 0 Å². The van der Waals surface area contributed by atoms with Gasteiger partial charge < -0.3 is 0 Å². The van der Waals surface area contributed by atoms with Crippen molar-refractivity contribution < 1.29 is 0 Å². The molecule has 0 fully saturated rings. The lowest BCUT2D eigenvalue weighted by Crippen LogP contribution is -2.00. The van der Waals surface area contributed by atoms with Crippen LogP contribution in [0.15, 0.2) is 133 Å². The zero-order chi connectivity index (χ0) is 26.0. The van der Waals surface area contributed by atoms with Crippen LogP contribution in [0.3, 0.4) is 0 Å². The second-order valence-corrected chi connectivity index (χ2v) is 10.2. The lowest BCUT2D eigenvalue weighted by Gasteiger charge is -2.09. The molecule has 0 N–H and O–H groups in total. The molecule has 2 heterocycles. The number of thiazole rings is 1. The van der Waals surface area contributed by atoms with Gasteiger partial charge in [0.15, 0.2) is 17.5 Å². The number of aromatic nitrogens is 4. The van der Waals surface area contributed by atoms with E-state index in [1.54, 1.807) is 11.3 Å². The summed E-state index contributed by atoms with van der Waals surface area (Å²) < 4.78 is 1.13. The molecule has 4 nitrogen and oxygen atoms in total. The van der Waals surface area contributed by atoms with Crippen LogP contribution < -0.4 is 0 Å². The van der Waals surface area contributed by atoms with Crippen LogP contribution in [-0.2, 0) is 0 Å². The van der Waals surface area contributed by atoms with Gasteiger partial charge in [-0.15, -0.1) is 11.3 Å². The van der Waals surface area contributed by atoms with Crippen LogP contribution in [0.2, 0.25) is 0 Å². The maximum Gasteiger partial charge on any atom is 0.164 e. The fraction of sp³-hybridized carbons (Fsp3) is 0. The first-order valence-electron chi connectivity index (χ1n) is 12.7. The fourth-order valence-corrected chi connectivity index (χ4v) is 5.51. The van der Waals surface area contributed by atoms with Crippen molar-refractivity contribution in [2.24, 2.45) is 0 Å². The molecule has 0 aliphatic carbocycles. The number of rotatable bonds is 5. The average molecular weight is 519 g/mol. The van der Waals surface area contributed by atoms with Crippen molar-refractivity contribution in [2.75, 3.05) is 0 Å². The minimum absolute atomic E-state index is 0.627. The second kappa shape index (κ2) is 10.0. The van der Waals surface area contributed by atoms with Crippen LogP contribution in [0.5, 0.6) is 0 Å². The fourth-order valence-electron chi connectivity index (χ4n) is 4.56. The standard InChI is InChI=1S/C34H22N4S/c1-4-10-23(11-5-1)24-16-18-26(19-17-24)32-36-31(25-12-6-2-7-13-25)37-33(38-32)28-20-21-30-29(22-28)35-34(39-30)27-14-8-3-9-15-27/h1-22H. The van der Waals surface area contributed by atoms with E-state index in [4.69, 9.17) is 19.9 Å². The van der Waals surface area contributed by atoms with Gasteiger partial charge in [0.2, 0.25) is 0 Å². The molecule has 39 heavy (non-hydrogen) atoms. The van der Waals surface area contributed by atoms with Crippen LogP contribution in [0.25, 0.3) is 66.1 Å². The Hall–Kier alpha value is -5.00. The van der Waals surface area contributed by atoms with E-state index in [1.807, 2.05) is 54.6 Å². The number of hydrogen-bond donors (Lipinski definition) is 0. The molecule has 0 unspecified atom stereocenters. The molecule has 0 saturated carbocycles. The highest BCUT2D eigenvalue weighted by atomic mass is 32.1. The molecule has 184 valence electrons. The minimum atomic E-state index is 0.627. The van der Waals surface area contributed by atoms with Crippen molar-refractivity contribution in [1.82, 2.24) is 19.9 Å². The Balaban J connectivity index is 1.32. The molecule has 0 saturated heterocycles. The predicted molar refractivity (Wildman–Crippen MR) is 160 cm³/mol. The topological polar surface area (TPSA) is 51.6 Å². The maximum atomic E-state index is 4.93. The first-order chi connectivity index (χ1) is 19.3. The molecule has 0 spiro atoms. The zero-order valence-electron chi connectivity index (χ0n) is 20.9. The van der Waals surface area contributed by atoms with Gasteiger partial charge >= 0.3 is 0 Å². The summed E-state index contributed by atoms with van der Waals surface area (Å²) in [7, 11) is 0. The van der Waals surface area contributed by atoms with Crippen molar-refractivity contribution in [1.29, 1.82) is 0 Å². The molecular formula is C34H22N4S. The van der Waals surface area contributed by atoms with E-state index in [1.165, 1.54) is 5.56 Å². The van der Waals surface area contributed by atoms with Gasteiger partial charge in [0.25, 0.3) is 0 Å². The summed E-state index contributed by atoms with van der Waals surface area (Å²) in [5.41, 5.74) is 7.19. The van der Waals surface area contributed by atoms with E-state index in [2.05, 4.69) is 78.9 Å². The van der Waals surface area contributed by atoms with Gasteiger partial charge in [-0.1, -0.05) is 115 Å². The Morgan fingerprint density at radius 2 is 0.795 bits per heavy atom. The van der Waals surface area contributed by atoms with Crippen LogP contribution >= 0.6 is 11.3 Å². The third kappa shape index (κ3) is 4.72. The van der Waals surface area contributed by atoms with Crippen LogP contribution in [0.1, 0.15) is 0 Å². The summed E-state index contributed by atoms with van der Waals surface area (Å²) >= 11 is 1.69. The van der Waals surface area contributed by atoms with Gasteiger partial charge in [-0.25, -0.2) is 19.9 Å². The molecule has 0 aliphatic rings. The van der Waals surface area contributed by atoms with Gasteiger partial charge in [0.1, 0.15) is 5.01 Å². The Bertz CT molecular complexity index is 1880. The highest BCUT2D eigenvalue weighted by Gasteiger charge is 2.14. The third-order valence-corrected chi connectivity index (χ3v) is 7.67. The zero-order valence-corrected chi connectivity index (χ0v) is 21.7. The van der Waals surface area contributed by atoms with Crippen LogP contribution in [-0.4, -0.2) is 19.9 Å². The molecule has 7 rings (SSSR count). The molecule has 0 atom stereocenters. The van der Waals surface area contributed by atoms with Crippen molar-refractivity contribution in [2.45, 2.75) is 0 Å². The highest BCUT2D eigenvalue weighted by molar-refractivity contribution is 7.21. The lowest BCUT2D eigenvalue weighted by molar-refractivity contribution is 1.07. The summed E-state index contributed by atoms with van der Waals surface area (Å²) in [5, 5.41) is 1.00. The number of fused-ring (bicyclic) bond motifs is 1. The molecule has 0 bridgehead atoms. The first-order valence-corrected chi connectivity index (χ1v) is 13.6. The van der Waals surface area contributed by atoms with E-state index in [0.29, 0.717) is 17.5 Å². The summed E-state index contributed by atoms with van der Waals surface area (Å²) in [6, 6.07) is 45.3. The van der Waals surface area contributed by atoms with E-state index >= 15 is 0 Å². The van der Waals surface area contributed by atoms with E-state index in [-0.39, 0.29) is 0 Å². The van der Waals surface area contributed by atoms with E-state index in [0.717, 1.165) is 43.0 Å². The predicted octanol–water partition coefficient (Wildman–Crippen LogP) is 8.82. The Morgan fingerprint density at radius 3 is 1.41 bits per heavy atom. The SMILES string of the molecule is c1ccc(-c2ccc(-c3nc(-c4ccccc4)nc(-c4ccc5sc(-c6ccccc6)nc5c4)n3)cc2)cc1. The van der Waals surface area contributed by atoms with E-state index in [9.17, 15) is 0 Å². The molecule has 5 aromatic carbocycles. The minimum Gasteiger partial charge on any atom is -0.236 e. The second-order valence-electron chi connectivity index (χ2n) is 9.18. The molecule has 7 aromatic rings. The smallest absolute Gasteiger partial charge is 0.164 e. The molecule has 0 amide bonds. The maximum absolute atomic E-state index is 4.93. The number of hydrogen-bond acceptors (Lipinski definition) is 5. The summed E-state index contributed by atoms with van der Waals surface area (Å²) in [4.78, 5) is 19.6. The first kappa shape index (κ1) is 23.1. The molecule has 0 radical (unpaired) electrons. The van der Waals surface area contributed by atoms with E-state index < -0.39 is 0 Å². The molecule has 0 aliphatic heterocycles. The lowest BCUT2D eigenvalue weighted by atomic mass is 10.0. The Morgan fingerprint density at radius 1 is 0.359 bits per heavy atom. The Labute approximate surface area is 230 Å². The average Bonchev–Trinajstić information content (AvgIpc) is 3.46. The summed E-state index contributed by atoms with van der Waals surface area (Å²) in [6.07, 6.45) is 0. The number of nitrogens with zero attached hydrogens (tertiary/aromatic N) is 4. The van der Waals surface area contributed by atoms with Crippen molar-refractivity contribution in [3.05, 3.63) is 133 Å². The van der Waals surface area contributed by atoms with Gasteiger partial charge in [0, 0.05) is 22.3 Å². The summed E-state index contributed by atoms with van der Waals surface area (Å²) in [5.74, 6) is 1.91. The van der Waals surface area contributed by atoms with Crippen molar-refractivity contribution in [3.63, 3.8) is 0 Å². The van der Waals surface area contributed by atoms with Gasteiger partial charge in [-0.05, 0) is 29.3 Å². The molecule has 5 heteroatoms. The Kier molecular flexibility index (Phi) is 5.96.